The van der Waals surface area contributed by atoms with Crippen molar-refractivity contribution in [3.8, 4) is 11.1 Å². The highest BCUT2D eigenvalue weighted by Crippen LogP contribution is 2.41. The minimum absolute atomic E-state index is 0.0155. The molecule has 2 aliphatic rings. The number of aliphatic hydroxyl groups excluding tert-OH is 1. The Balaban J connectivity index is 1.52. The molecule has 3 aromatic rings. The highest BCUT2D eigenvalue weighted by atomic mass is 19.1. The fourth-order valence-corrected chi connectivity index (χ4v) is 4.88. The van der Waals surface area contributed by atoms with Gasteiger partial charge in [-0.2, -0.15) is 0 Å². The number of nitrogens with zero attached hydrogens (tertiary/aromatic N) is 1. The van der Waals surface area contributed by atoms with Gasteiger partial charge in [0.05, 0.1) is 18.1 Å². The number of hydrogen-bond donors (Lipinski definition) is 3. The molecule has 0 bridgehead atoms. The summed E-state index contributed by atoms with van der Waals surface area (Å²) < 4.78 is 13.9. The smallest absolute Gasteiger partial charge is 0.256 e. The standard InChI is InChI=1S/C27H26FN3O3/c1-15-21(13-25(33)31-10-9-19(32)14-31)16(2)29-24(15)12-22-26-20(17-5-3-6-18(28)11-17)7-4-8-23(26)30-27(22)34/h3-8,11-12,19,29,32H,9-10,13-14H2,1-2H3,(H,30,34)/b22-12-/t19-/m1/s1. The van der Waals surface area contributed by atoms with Crippen molar-refractivity contribution in [2.45, 2.75) is 32.8 Å². The summed E-state index contributed by atoms with van der Waals surface area (Å²) >= 11 is 0. The van der Waals surface area contributed by atoms with Gasteiger partial charge in [0.1, 0.15) is 5.82 Å². The summed E-state index contributed by atoms with van der Waals surface area (Å²) in [5.74, 6) is -0.582. The third-order valence-electron chi connectivity index (χ3n) is 6.73. The Bertz CT molecular complexity index is 1340. The lowest BCUT2D eigenvalue weighted by Gasteiger charge is -2.15. The van der Waals surface area contributed by atoms with Crippen LogP contribution >= 0.6 is 0 Å². The Morgan fingerprint density at radius 3 is 2.76 bits per heavy atom. The third kappa shape index (κ3) is 3.92. The van der Waals surface area contributed by atoms with Gasteiger partial charge in [0.2, 0.25) is 5.91 Å². The number of carbonyl (C=O) groups excluding carboxylic acids is 2. The predicted octanol–water partition coefficient (Wildman–Crippen LogP) is 4.07. The summed E-state index contributed by atoms with van der Waals surface area (Å²) in [6, 6.07) is 11.9. The van der Waals surface area contributed by atoms with E-state index in [1.54, 1.807) is 17.0 Å². The van der Waals surface area contributed by atoms with E-state index < -0.39 is 6.10 Å². The van der Waals surface area contributed by atoms with Crippen LogP contribution in [0.2, 0.25) is 0 Å². The molecule has 3 N–H and O–H groups in total. The summed E-state index contributed by atoms with van der Waals surface area (Å²) in [6.07, 6.45) is 2.20. The van der Waals surface area contributed by atoms with Crippen molar-refractivity contribution in [1.82, 2.24) is 9.88 Å². The number of amides is 2. The predicted molar refractivity (Wildman–Crippen MR) is 130 cm³/mol. The van der Waals surface area contributed by atoms with Crippen LogP contribution in [0.4, 0.5) is 10.1 Å². The number of halogens is 1. The lowest BCUT2D eigenvalue weighted by Crippen LogP contribution is -2.31. The van der Waals surface area contributed by atoms with E-state index in [0.29, 0.717) is 36.3 Å². The molecule has 7 heteroatoms. The van der Waals surface area contributed by atoms with Crippen LogP contribution in [0.25, 0.3) is 22.8 Å². The zero-order valence-corrected chi connectivity index (χ0v) is 19.1. The van der Waals surface area contributed by atoms with Crippen LogP contribution in [0, 0.1) is 19.7 Å². The van der Waals surface area contributed by atoms with Gasteiger partial charge in [0.25, 0.3) is 5.91 Å². The van der Waals surface area contributed by atoms with Gasteiger partial charge >= 0.3 is 0 Å². The highest BCUT2D eigenvalue weighted by molar-refractivity contribution is 6.36. The van der Waals surface area contributed by atoms with Gasteiger partial charge in [-0.25, -0.2) is 4.39 Å². The molecule has 5 rings (SSSR count). The van der Waals surface area contributed by atoms with Crippen molar-refractivity contribution < 1.29 is 19.1 Å². The lowest BCUT2D eigenvalue weighted by atomic mass is 9.94. The number of rotatable bonds is 4. The van der Waals surface area contributed by atoms with Crippen molar-refractivity contribution in [2.24, 2.45) is 0 Å². The van der Waals surface area contributed by atoms with Crippen LogP contribution in [0.15, 0.2) is 42.5 Å². The van der Waals surface area contributed by atoms with E-state index in [0.717, 1.165) is 33.6 Å². The average molecular weight is 460 g/mol. The molecule has 0 radical (unpaired) electrons. The molecule has 0 saturated carbocycles. The fraction of sp³-hybridized carbons (Fsp3) is 0.259. The summed E-state index contributed by atoms with van der Waals surface area (Å²) in [4.78, 5) is 30.7. The molecule has 0 unspecified atom stereocenters. The van der Waals surface area contributed by atoms with E-state index in [2.05, 4.69) is 10.3 Å². The molecular formula is C27H26FN3O3. The first-order valence-corrected chi connectivity index (χ1v) is 11.4. The van der Waals surface area contributed by atoms with Crippen LogP contribution in [0.3, 0.4) is 0 Å². The first-order valence-electron chi connectivity index (χ1n) is 11.4. The van der Waals surface area contributed by atoms with Gasteiger partial charge in [0, 0.05) is 35.7 Å². The molecule has 2 aliphatic heterocycles. The number of aromatic amines is 1. The van der Waals surface area contributed by atoms with Crippen LogP contribution in [0.1, 0.15) is 34.5 Å². The Morgan fingerprint density at radius 2 is 2.03 bits per heavy atom. The second kappa shape index (κ2) is 8.57. The Labute approximate surface area is 197 Å². The van der Waals surface area contributed by atoms with Crippen molar-refractivity contribution in [3.63, 3.8) is 0 Å². The maximum atomic E-state index is 13.9. The van der Waals surface area contributed by atoms with Gasteiger partial charge in [-0.15, -0.1) is 0 Å². The van der Waals surface area contributed by atoms with E-state index in [4.69, 9.17) is 0 Å². The number of nitrogens with one attached hydrogen (secondary N) is 2. The molecule has 0 aliphatic carbocycles. The van der Waals surface area contributed by atoms with E-state index >= 15 is 0 Å². The first kappa shape index (κ1) is 22.1. The molecule has 0 spiro atoms. The molecule has 2 amide bonds. The number of H-pyrrole nitrogens is 1. The van der Waals surface area contributed by atoms with E-state index in [1.165, 1.54) is 12.1 Å². The number of fused-ring (bicyclic) bond motifs is 1. The van der Waals surface area contributed by atoms with E-state index in [-0.39, 0.29) is 24.1 Å². The number of aromatic nitrogens is 1. The number of likely N-dealkylation sites (tertiary alicyclic amines) is 1. The minimum atomic E-state index is -0.453. The molecular weight excluding hydrogens is 433 g/mol. The van der Waals surface area contributed by atoms with Crippen LogP contribution in [-0.4, -0.2) is 46.0 Å². The summed E-state index contributed by atoms with van der Waals surface area (Å²) in [7, 11) is 0. The number of carbonyl (C=O) groups is 2. The molecule has 1 atom stereocenters. The lowest BCUT2D eigenvalue weighted by molar-refractivity contribution is -0.129. The van der Waals surface area contributed by atoms with Crippen LogP contribution in [0.5, 0.6) is 0 Å². The summed E-state index contributed by atoms with van der Waals surface area (Å²) in [6.45, 7) is 4.79. The molecule has 6 nitrogen and oxygen atoms in total. The number of aliphatic hydroxyl groups is 1. The quantitative estimate of drug-likeness (QED) is 0.514. The van der Waals surface area contributed by atoms with Crippen molar-refractivity contribution >= 4 is 29.2 Å². The largest absolute Gasteiger partial charge is 0.391 e. The minimum Gasteiger partial charge on any atom is -0.391 e. The number of aryl methyl sites for hydroxylation is 1. The molecule has 3 heterocycles. The molecule has 1 aromatic heterocycles. The van der Waals surface area contributed by atoms with Gasteiger partial charge in [-0.3, -0.25) is 9.59 Å². The Morgan fingerprint density at radius 1 is 1.24 bits per heavy atom. The molecule has 2 aromatic carbocycles. The normalized spacial score (nSPS) is 18.5. The van der Waals surface area contributed by atoms with Crippen molar-refractivity contribution in [1.29, 1.82) is 0 Å². The van der Waals surface area contributed by atoms with Crippen molar-refractivity contribution in [2.75, 3.05) is 18.4 Å². The van der Waals surface area contributed by atoms with Crippen LogP contribution < -0.4 is 5.32 Å². The topological polar surface area (TPSA) is 85.4 Å². The zero-order chi connectivity index (χ0) is 24.0. The van der Waals surface area contributed by atoms with Gasteiger partial charge in [0.15, 0.2) is 0 Å². The van der Waals surface area contributed by atoms with Gasteiger partial charge in [-0.05, 0) is 66.8 Å². The monoisotopic (exact) mass is 459 g/mol. The first-order chi connectivity index (χ1) is 16.3. The molecule has 174 valence electrons. The summed E-state index contributed by atoms with van der Waals surface area (Å²) in [5, 5.41) is 12.7. The van der Waals surface area contributed by atoms with Gasteiger partial charge in [-0.1, -0.05) is 24.3 Å². The van der Waals surface area contributed by atoms with E-state index in [9.17, 15) is 19.1 Å². The number of anilines is 1. The van der Waals surface area contributed by atoms with Gasteiger partial charge < -0.3 is 20.3 Å². The number of β-amino-alcohol motifs (C(OH)–C–C–N with tert-alkyl or cyclic N) is 1. The average Bonchev–Trinajstić information content (AvgIpc) is 3.46. The Kier molecular flexibility index (Phi) is 5.57. The third-order valence-corrected chi connectivity index (χ3v) is 6.73. The second-order valence-electron chi connectivity index (χ2n) is 8.98. The Hall–Kier alpha value is -3.71. The van der Waals surface area contributed by atoms with Crippen LogP contribution in [-0.2, 0) is 16.0 Å². The summed E-state index contributed by atoms with van der Waals surface area (Å²) in [5.41, 5.74) is 6.79. The number of benzene rings is 2. The zero-order valence-electron chi connectivity index (χ0n) is 19.1. The SMILES string of the molecule is Cc1[nH]c(/C=C2\C(=O)Nc3cccc(-c4cccc(F)c4)c32)c(C)c1CC(=O)N1CC[C@@H](O)C1. The second-order valence-corrected chi connectivity index (χ2v) is 8.98. The maximum Gasteiger partial charge on any atom is 0.256 e. The van der Waals surface area contributed by atoms with E-state index in [1.807, 2.05) is 38.1 Å². The fourth-order valence-electron chi connectivity index (χ4n) is 4.88. The van der Waals surface area contributed by atoms with Crippen molar-refractivity contribution in [3.05, 3.63) is 76.4 Å². The maximum absolute atomic E-state index is 13.9. The highest BCUT2D eigenvalue weighted by Gasteiger charge is 2.29. The molecule has 1 saturated heterocycles. The molecule has 1 fully saturated rings. The molecule has 34 heavy (non-hydrogen) atoms. The number of hydrogen-bond acceptors (Lipinski definition) is 3.